The summed E-state index contributed by atoms with van der Waals surface area (Å²) >= 11 is 0. The maximum Gasteiger partial charge on any atom is 0.216 e. The van der Waals surface area contributed by atoms with Gasteiger partial charge in [-0.25, -0.2) is 0 Å². The van der Waals surface area contributed by atoms with Crippen molar-refractivity contribution in [2.24, 2.45) is 0 Å². The minimum absolute atomic E-state index is 0.0106. The van der Waals surface area contributed by atoms with Crippen LogP contribution >= 0.6 is 0 Å². The van der Waals surface area contributed by atoms with E-state index in [0.717, 1.165) is 24.1 Å². The van der Waals surface area contributed by atoms with E-state index >= 15 is 0 Å². The lowest BCUT2D eigenvalue weighted by molar-refractivity contribution is -0.118. The third kappa shape index (κ3) is 4.08. The summed E-state index contributed by atoms with van der Waals surface area (Å²) in [5, 5.41) is 11.8. The van der Waals surface area contributed by atoms with Gasteiger partial charge in [0, 0.05) is 19.7 Å². The molecule has 1 aromatic rings. The van der Waals surface area contributed by atoms with E-state index < -0.39 is 0 Å². The Morgan fingerprint density at radius 2 is 2.40 bits per heavy atom. The van der Waals surface area contributed by atoms with Crippen molar-refractivity contribution >= 4 is 5.91 Å². The Labute approximate surface area is 89.3 Å². The summed E-state index contributed by atoms with van der Waals surface area (Å²) in [4.78, 5) is 14.7. The molecule has 4 heteroatoms. The van der Waals surface area contributed by atoms with Crippen LogP contribution in [0.3, 0.4) is 0 Å². The molecule has 0 saturated carbocycles. The minimum Gasteiger partial charge on any atom is -0.390 e. The highest BCUT2D eigenvalue weighted by molar-refractivity contribution is 5.72. The second-order valence-corrected chi connectivity index (χ2v) is 3.35. The van der Waals surface area contributed by atoms with E-state index in [-0.39, 0.29) is 12.5 Å². The third-order valence-corrected chi connectivity index (χ3v) is 2.13. The first-order chi connectivity index (χ1) is 7.24. The van der Waals surface area contributed by atoms with Crippen LogP contribution in [0.15, 0.2) is 18.3 Å². The smallest absolute Gasteiger partial charge is 0.216 e. The largest absolute Gasteiger partial charge is 0.390 e. The molecule has 2 N–H and O–H groups in total. The number of nitrogens with one attached hydrogen (secondary N) is 1. The number of pyridine rings is 1. The summed E-state index contributed by atoms with van der Waals surface area (Å²) in [5.74, 6) is -0.0106. The number of carbonyl (C=O) groups excluding carboxylic acids is 1. The summed E-state index contributed by atoms with van der Waals surface area (Å²) < 4.78 is 0. The number of nitrogens with zero attached hydrogens (tertiary/aromatic N) is 1. The summed E-state index contributed by atoms with van der Waals surface area (Å²) in [6.45, 7) is 2.13. The lowest BCUT2D eigenvalue weighted by Gasteiger charge is -2.06. The first kappa shape index (κ1) is 11.7. The van der Waals surface area contributed by atoms with Gasteiger partial charge in [-0.05, 0) is 24.5 Å². The molecule has 1 rings (SSSR count). The van der Waals surface area contributed by atoms with Crippen LogP contribution in [0, 0.1) is 0 Å². The van der Waals surface area contributed by atoms with Crippen LogP contribution in [-0.4, -0.2) is 22.5 Å². The minimum atomic E-state index is -0.0314. The molecule has 0 aliphatic heterocycles. The van der Waals surface area contributed by atoms with Crippen LogP contribution in [0.5, 0.6) is 0 Å². The predicted octanol–water partition coefficient (Wildman–Crippen LogP) is 0.643. The topological polar surface area (TPSA) is 62.2 Å². The maximum atomic E-state index is 10.6. The molecule has 0 aromatic carbocycles. The Kier molecular flexibility index (Phi) is 4.77. The van der Waals surface area contributed by atoms with E-state index in [2.05, 4.69) is 10.3 Å². The summed E-state index contributed by atoms with van der Waals surface area (Å²) in [6.07, 6.45) is 3.35. The van der Waals surface area contributed by atoms with Crippen molar-refractivity contribution in [2.45, 2.75) is 26.4 Å². The zero-order chi connectivity index (χ0) is 11.1. The van der Waals surface area contributed by atoms with Gasteiger partial charge < -0.3 is 10.4 Å². The average molecular weight is 208 g/mol. The van der Waals surface area contributed by atoms with Crippen LogP contribution in [0.1, 0.15) is 24.6 Å². The molecule has 1 amide bonds. The van der Waals surface area contributed by atoms with Gasteiger partial charge in [-0.1, -0.05) is 6.07 Å². The Morgan fingerprint density at radius 1 is 1.60 bits per heavy atom. The van der Waals surface area contributed by atoms with Gasteiger partial charge in [0.1, 0.15) is 0 Å². The molecule has 4 nitrogen and oxygen atoms in total. The van der Waals surface area contributed by atoms with E-state index in [1.807, 2.05) is 12.1 Å². The van der Waals surface area contributed by atoms with Gasteiger partial charge in [-0.2, -0.15) is 0 Å². The fourth-order valence-electron chi connectivity index (χ4n) is 1.38. The molecule has 1 heterocycles. The molecule has 0 saturated heterocycles. The molecule has 0 spiro atoms. The second kappa shape index (κ2) is 6.14. The fourth-order valence-corrected chi connectivity index (χ4v) is 1.38. The highest BCUT2D eigenvalue weighted by Crippen LogP contribution is 2.07. The van der Waals surface area contributed by atoms with E-state index in [9.17, 15) is 4.79 Å². The predicted molar refractivity (Wildman–Crippen MR) is 57.2 cm³/mol. The lowest BCUT2D eigenvalue weighted by atomic mass is 10.1. The van der Waals surface area contributed by atoms with E-state index in [1.54, 1.807) is 6.20 Å². The molecule has 1 aromatic heterocycles. The zero-order valence-electron chi connectivity index (χ0n) is 8.86. The number of hydrogen-bond acceptors (Lipinski definition) is 3. The van der Waals surface area contributed by atoms with E-state index in [4.69, 9.17) is 5.11 Å². The highest BCUT2D eigenvalue weighted by Gasteiger charge is 2.01. The standard InChI is InChI=1S/C11H16N2O2/c1-9(15)12-6-2-4-10-5-3-7-13-11(10)8-14/h3,5,7,14H,2,4,6,8H2,1H3,(H,12,15). The van der Waals surface area contributed by atoms with Crippen LogP contribution < -0.4 is 5.32 Å². The number of aliphatic hydroxyl groups excluding tert-OH is 1. The molecule has 0 bridgehead atoms. The van der Waals surface area contributed by atoms with Gasteiger partial charge in [0.05, 0.1) is 12.3 Å². The lowest BCUT2D eigenvalue weighted by Crippen LogP contribution is -2.21. The number of aryl methyl sites for hydroxylation is 1. The van der Waals surface area contributed by atoms with Gasteiger partial charge in [-0.15, -0.1) is 0 Å². The first-order valence-electron chi connectivity index (χ1n) is 5.02. The van der Waals surface area contributed by atoms with E-state index in [0.29, 0.717) is 6.54 Å². The van der Waals surface area contributed by atoms with Gasteiger partial charge in [0.2, 0.25) is 5.91 Å². The van der Waals surface area contributed by atoms with Crippen molar-refractivity contribution in [1.82, 2.24) is 10.3 Å². The Balaban J connectivity index is 2.39. The average Bonchev–Trinajstić information content (AvgIpc) is 2.24. The van der Waals surface area contributed by atoms with Crippen molar-refractivity contribution in [1.29, 1.82) is 0 Å². The van der Waals surface area contributed by atoms with Crippen molar-refractivity contribution in [3.8, 4) is 0 Å². The van der Waals surface area contributed by atoms with Crippen LogP contribution in [0.25, 0.3) is 0 Å². The van der Waals surface area contributed by atoms with Gasteiger partial charge in [-0.3, -0.25) is 9.78 Å². The van der Waals surface area contributed by atoms with E-state index in [1.165, 1.54) is 6.92 Å². The second-order valence-electron chi connectivity index (χ2n) is 3.35. The van der Waals surface area contributed by atoms with Gasteiger partial charge >= 0.3 is 0 Å². The number of rotatable bonds is 5. The monoisotopic (exact) mass is 208 g/mol. The van der Waals surface area contributed by atoms with Crippen molar-refractivity contribution in [2.75, 3.05) is 6.54 Å². The number of carbonyl (C=O) groups is 1. The quantitative estimate of drug-likeness (QED) is 0.698. The Morgan fingerprint density at radius 3 is 3.07 bits per heavy atom. The molecule has 15 heavy (non-hydrogen) atoms. The zero-order valence-corrected chi connectivity index (χ0v) is 8.86. The highest BCUT2D eigenvalue weighted by atomic mass is 16.3. The number of aliphatic hydroxyl groups is 1. The van der Waals surface area contributed by atoms with Crippen molar-refractivity contribution in [3.63, 3.8) is 0 Å². The molecule has 0 atom stereocenters. The Hall–Kier alpha value is -1.42. The molecule has 0 radical (unpaired) electrons. The summed E-state index contributed by atoms with van der Waals surface area (Å²) in [6, 6.07) is 3.80. The molecule has 0 aliphatic carbocycles. The molecule has 0 unspecified atom stereocenters. The van der Waals surface area contributed by atoms with Crippen molar-refractivity contribution in [3.05, 3.63) is 29.6 Å². The van der Waals surface area contributed by atoms with Crippen molar-refractivity contribution < 1.29 is 9.90 Å². The summed E-state index contributed by atoms with van der Waals surface area (Å²) in [7, 11) is 0. The van der Waals surface area contributed by atoms with Crippen LogP contribution in [0.4, 0.5) is 0 Å². The third-order valence-electron chi connectivity index (χ3n) is 2.13. The van der Waals surface area contributed by atoms with Crippen LogP contribution in [-0.2, 0) is 17.8 Å². The number of hydrogen-bond donors (Lipinski definition) is 2. The SMILES string of the molecule is CC(=O)NCCCc1cccnc1CO. The molecule has 82 valence electrons. The first-order valence-corrected chi connectivity index (χ1v) is 5.02. The number of aromatic nitrogens is 1. The fraction of sp³-hybridized carbons (Fsp3) is 0.455. The maximum absolute atomic E-state index is 10.6. The molecule has 0 aliphatic rings. The van der Waals surface area contributed by atoms with Gasteiger partial charge in [0.25, 0.3) is 0 Å². The molecular weight excluding hydrogens is 192 g/mol. The normalized spacial score (nSPS) is 10.0. The molecule has 0 fully saturated rings. The van der Waals surface area contributed by atoms with Crippen LogP contribution in [0.2, 0.25) is 0 Å². The Bertz CT molecular complexity index is 326. The summed E-state index contributed by atoms with van der Waals surface area (Å²) in [5.41, 5.74) is 1.77. The number of amides is 1. The van der Waals surface area contributed by atoms with Gasteiger partial charge in [0.15, 0.2) is 0 Å². The molecular formula is C11H16N2O2.